The molecule has 4 nitrogen and oxygen atoms in total. The maximum atomic E-state index is 12.2. The minimum absolute atomic E-state index is 0.0627. The van der Waals surface area contributed by atoms with Crippen LogP contribution in [0.1, 0.15) is 19.3 Å². The van der Waals surface area contributed by atoms with E-state index in [1.54, 1.807) is 11.8 Å². The second-order valence-corrected chi connectivity index (χ2v) is 6.05. The molecule has 1 saturated heterocycles. The summed E-state index contributed by atoms with van der Waals surface area (Å²) in [5.74, 6) is 0.617. The molecule has 20 heavy (non-hydrogen) atoms. The van der Waals surface area contributed by atoms with E-state index < -0.39 is 18.8 Å². The topological polar surface area (TPSA) is 58.4 Å². The van der Waals surface area contributed by atoms with Gasteiger partial charge in [0.2, 0.25) is 5.91 Å². The molecule has 1 atom stereocenters. The van der Waals surface area contributed by atoms with E-state index in [0.717, 1.165) is 5.75 Å². The van der Waals surface area contributed by atoms with Crippen LogP contribution in [0, 0.1) is 0 Å². The number of nitrogens with two attached hydrogens (primary N) is 1. The number of nitrogens with zero attached hydrogens (tertiary/aromatic N) is 1. The van der Waals surface area contributed by atoms with E-state index >= 15 is 0 Å². The predicted molar refractivity (Wildman–Crippen MR) is 74.6 cm³/mol. The maximum absolute atomic E-state index is 12.2. The van der Waals surface area contributed by atoms with Gasteiger partial charge in [-0.05, 0) is 31.3 Å². The third kappa shape index (κ3) is 6.81. The highest BCUT2D eigenvalue weighted by molar-refractivity contribution is 7.98. The van der Waals surface area contributed by atoms with Crippen LogP contribution in [0.2, 0.25) is 0 Å². The van der Waals surface area contributed by atoms with Crippen LogP contribution in [0.15, 0.2) is 0 Å². The van der Waals surface area contributed by atoms with Gasteiger partial charge in [0.25, 0.3) is 0 Å². The summed E-state index contributed by atoms with van der Waals surface area (Å²) in [5.41, 5.74) is 5.75. The van der Waals surface area contributed by atoms with E-state index in [9.17, 15) is 18.0 Å². The molecule has 1 rings (SSSR count). The average molecular weight is 313 g/mol. The zero-order valence-corrected chi connectivity index (χ0v) is 12.4. The summed E-state index contributed by atoms with van der Waals surface area (Å²) in [6, 6.07) is -0.594. The first kappa shape index (κ1) is 17.6. The van der Waals surface area contributed by atoms with Crippen LogP contribution >= 0.6 is 11.8 Å². The molecule has 0 aromatic rings. The lowest BCUT2D eigenvalue weighted by Crippen LogP contribution is -2.50. The van der Waals surface area contributed by atoms with E-state index in [-0.39, 0.29) is 11.9 Å². The van der Waals surface area contributed by atoms with Gasteiger partial charge in [0.05, 0.1) is 12.6 Å². The number of carbonyl (C=O) groups is 1. The fourth-order valence-electron chi connectivity index (χ4n) is 2.17. The molecular formula is C12H22F3N3OS. The second kappa shape index (κ2) is 8.09. The number of hydrogen-bond acceptors (Lipinski definition) is 4. The summed E-state index contributed by atoms with van der Waals surface area (Å²) in [7, 11) is 0. The molecule has 0 aromatic carbocycles. The van der Waals surface area contributed by atoms with E-state index in [1.165, 1.54) is 4.90 Å². The van der Waals surface area contributed by atoms with Crippen molar-refractivity contribution in [2.24, 2.45) is 5.73 Å². The Balaban J connectivity index is 2.26. The summed E-state index contributed by atoms with van der Waals surface area (Å²) < 4.78 is 36.7. The summed E-state index contributed by atoms with van der Waals surface area (Å²) in [6.07, 6.45) is -0.523. The van der Waals surface area contributed by atoms with Crippen molar-refractivity contribution in [3.63, 3.8) is 0 Å². The first-order valence-electron chi connectivity index (χ1n) is 6.66. The highest BCUT2D eigenvalue weighted by Gasteiger charge is 2.32. The van der Waals surface area contributed by atoms with Gasteiger partial charge in [-0.1, -0.05) is 0 Å². The van der Waals surface area contributed by atoms with Gasteiger partial charge >= 0.3 is 6.18 Å². The number of amides is 1. The number of likely N-dealkylation sites (tertiary alicyclic amines) is 1. The smallest absolute Gasteiger partial charge is 0.352 e. The van der Waals surface area contributed by atoms with Crippen molar-refractivity contribution in [3.8, 4) is 0 Å². The van der Waals surface area contributed by atoms with Gasteiger partial charge in [0.15, 0.2) is 0 Å². The molecule has 0 aromatic heterocycles. The van der Waals surface area contributed by atoms with Gasteiger partial charge in [0, 0.05) is 19.1 Å². The Hall–Kier alpha value is -0.470. The minimum Gasteiger partial charge on any atom is -0.352 e. The number of piperidine rings is 1. The van der Waals surface area contributed by atoms with Gasteiger partial charge in [-0.2, -0.15) is 24.9 Å². The SMILES string of the molecule is CSCC[C@H](N)C(=O)NC1CCN(CC(F)(F)F)CC1. The molecule has 0 unspecified atom stereocenters. The first-order valence-corrected chi connectivity index (χ1v) is 8.05. The molecule has 0 bridgehead atoms. The number of thioether (sulfide) groups is 1. The molecule has 118 valence electrons. The number of carbonyl (C=O) groups excluding carboxylic acids is 1. The fourth-order valence-corrected chi connectivity index (χ4v) is 2.66. The lowest BCUT2D eigenvalue weighted by atomic mass is 10.0. The van der Waals surface area contributed by atoms with E-state index in [0.29, 0.717) is 32.4 Å². The molecule has 1 heterocycles. The Morgan fingerprint density at radius 2 is 2.05 bits per heavy atom. The number of nitrogens with one attached hydrogen (secondary N) is 1. The van der Waals surface area contributed by atoms with Crippen molar-refractivity contribution in [3.05, 3.63) is 0 Å². The van der Waals surface area contributed by atoms with Crippen LogP contribution in [0.25, 0.3) is 0 Å². The van der Waals surface area contributed by atoms with Crippen molar-refractivity contribution in [1.29, 1.82) is 0 Å². The molecule has 1 amide bonds. The molecule has 1 fully saturated rings. The Kier molecular flexibility index (Phi) is 7.11. The number of alkyl halides is 3. The Morgan fingerprint density at radius 1 is 1.45 bits per heavy atom. The predicted octanol–water partition coefficient (Wildman–Crippen LogP) is 1.21. The first-order chi connectivity index (χ1) is 9.31. The summed E-state index contributed by atoms with van der Waals surface area (Å²) in [4.78, 5) is 13.2. The van der Waals surface area contributed by atoms with Crippen LogP contribution in [0.5, 0.6) is 0 Å². The largest absolute Gasteiger partial charge is 0.401 e. The number of hydrogen-bond donors (Lipinski definition) is 2. The minimum atomic E-state index is -4.16. The van der Waals surface area contributed by atoms with Gasteiger partial charge < -0.3 is 11.1 Å². The summed E-state index contributed by atoms with van der Waals surface area (Å²) in [6.45, 7) is -0.171. The molecule has 1 aliphatic rings. The van der Waals surface area contributed by atoms with Crippen LogP contribution in [-0.2, 0) is 4.79 Å². The number of rotatable bonds is 6. The summed E-state index contributed by atoms with van der Waals surface area (Å²) in [5, 5.41) is 2.83. The van der Waals surface area contributed by atoms with Crippen molar-refractivity contribution in [2.75, 3.05) is 31.6 Å². The standard InChI is InChI=1S/C12H22F3N3OS/c1-20-7-4-10(16)11(19)17-9-2-5-18(6-3-9)8-12(13,14)15/h9-10H,2-8,16H2,1H3,(H,17,19)/t10-/m0/s1. The third-order valence-corrected chi connectivity index (χ3v) is 3.95. The van der Waals surface area contributed by atoms with Crippen LogP contribution < -0.4 is 11.1 Å². The van der Waals surface area contributed by atoms with Crippen molar-refractivity contribution in [2.45, 2.75) is 37.5 Å². The molecule has 0 radical (unpaired) electrons. The normalized spacial score (nSPS) is 19.9. The highest BCUT2D eigenvalue weighted by Crippen LogP contribution is 2.19. The zero-order chi connectivity index (χ0) is 15.2. The summed E-state index contributed by atoms with van der Waals surface area (Å²) >= 11 is 1.63. The fraction of sp³-hybridized carbons (Fsp3) is 0.917. The maximum Gasteiger partial charge on any atom is 0.401 e. The zero-order valence-electron chi connectivity index (χ0n) is 11.6. The lowest BCUT2D eigenvalue weighted by molar-refractivity contribution is -0.148. The van der Waals surface area contributed by atoms with Crippen LogP contribution in [-0.4, -0.2) is 60.7 Å². The van der Waals surface area contributed by atoms with Crippen molar-refractivity contribution in [1.82, 2.24) is 10.2 Å². The van der Waals surface area contributed by atoms with Crippen LogP contribution in [0.3, 0.4) is 0 Å². The quantitative estimate of drug-likeness (QED) is 0.774. The van der Waals surface area contributed by atoms with Crippen molar-refractivity contribution >= 4 is 17.7 Å². The molecule has 8 heteroatoms. The van der Waals surface area contributed by atoms with E-state index in [1.807, 2.05) is 6.26 Å². The van der Waals surface area contributed by atoms with Crippen LogP contribution in [0.4, 0.5) is 13.2 Å². The average Bonchev–Trinajstić information content (AvgIpc) is 2.36. The third-order valence-electron chi connectivity index (χ3n) is 3.31. The molecule has 0 spiro atoms. The molecule has 1 aliphatic heterocycles. The molecule has 0 aliphatic carbocycles. The van der Waals surface area contributed by atoms with E-state index in [4.69, 9.17) is 5.73 Å². The molecular weight excluding hydrogens is 291 g/mol. The van der Waals surface area contributed by atoms with Crippen molar-refractivity contribution < 1.29 is 18.0 Å². The molecule has 0 saturated carbocycles. The highest BCUT2D eigenvalue weighted by atomic mass is 32.2. The second-order valence-electron chi connectivity index (χ2n) is 5.06. The van der Waals surface area contributed by atoms with Gasteiger partial charge in [0.1, 0.15) is 0 Å². The Morgan fingerprint density at radius 3 is 2.55 bits per heavy atom. The monoisotopic (exact) mass is 313 g/mol. The van der Waals surface area contributed by atoms with Gasteiger partial charge in [-0.15, -0.1) is 0 Å². The lowest BCUT2D eigenvalue weighted by Gasteiger charge is -2.33. The van der Waals surface area contributed by atoms with Gasteiger partial charge in [-0.25, -0.2) is 0 Å². The van der Waals surface area contributed by atoms with E-state index in [2.05, 4.69) is 5.32 Å². The molecule has 3 N–H and O–H groups in total. The van der Waals surface area contributed by atoms with Gasteiger partial charge in [-0.3, -0.25) is 9.69 Å². The Bertz CT molecular complexity index is 307. The Labute approximate surface area is 121 Å². The number of halogens is 3.